The molecule has 0 spiro atoms. The molecule has 0 radical (unpaired) electrons. The maximum atomic E-state index is 12.2. The number of H-pyrrole nitrogens is 2. The molecule has 6 nitrogen and oxygen atoms in total. The zero-order chi connectivity index (χ0) is 17.4. The molecule has 126 valence electrons. The van der Waals surface area contributed by atoms with Crippen LogP contribution in [0.5, 0.6) is 5.75 Å². The molecule has 0 bridgehead atoms. The second kappa shape index (κ2) is 5.62. The molecule has 0 amide bonds. The Morgan fingerprint density at radius 1 is 0.920 bits per heavy atom. The Balaban J connectivity index is 1.72. The highest BCUT2D eigenvalue weighted by molar-refractivity contribution is 5.95. The smallest absolute Gasteiger partial charge is 0.406 e. The van der Waals surface area contributed by atoms with Gasteiger partial charge in [0.1, 0.15) is 12.1 Å². The Labute approximate surface area is 138 Å². The van der Waals surface area contributed by atoms with Crippen molar-refractivity contribution in [1.29, 1.82) is 0 Å². The molecule has 9 heteroatoms. The lowest BCUT2D eigenvalue weighted by molar-refractivity contribution is -0.274. The van der Waals surface area contributed by atoms with E-state index in [2.05, 4.69) is 30.1 Å². The molecule has 0 unspecified atom stereocenters. The van der Waals surface area contributed by atoms with Crippen LogP contribution in [0, 0.1) is 0 Å². The van der Waals surface area contributed by atoms with Gasteiger partial charge in [-0.05, 0) is 42.5 Å². The summed E-state index contributed by atoms with van der Waals surface area (Å²) in [4.78, 5) is 4.11. The predicted molar refractivity (Wildman–Crippen MR) is 83.6 cm³/mol. The Kier molecular flexibility index (Phi) is 3.41. The average molecular weight is 345 g/mol. The van der Waals surface area contributed by atoms with E-state index in [0.717, 1.165) is 16.5 Å². The largest absolute Gasteiger partial charge is 0.573 e. The van der Waals surface area contributed by atoms with Gasteiger partial charge in [0.15, 0.2) is 5.82 Å². The Hall–Kier alpha value is -3.36. The van der Waals surface area contributed by atoms with Crippen molar-refractivity contribution in [3.63, 3.8) is 0 Å². The molecule has 2 N–H and O–H groups in total. The van der Waals surface area contributed by atoms with Crippen LogP contribution in [0.25, 0.3) is 33.5 Å². The van der Waals surface area contributed by atoms with Crippen LogP contribution in [0.3, 0.4) is 0 Å². The van der Waals surface area contributed by atoms with Crippen molar-refractivity contribution in [3.05, 3.63) is 48.8 Å². The summed E-state index contributed by atoms with van der Waals surface area (Å²) in [6.45, 7) is 0. The molecule has 2 heterocycles. The number of hydrogen-bond acceptors (Lipinski definition) is 4. The molecule has 4 rings (SSSR count). The van der Waals surface area contributed by atoms with Crippen LogP contribution in [-0.4, -0.2) is 31.7 Å². The minimum absolute atomic E-state index is 0.279. The van der Waals surface area contributed by atoms with Gasteiger partial charge in [0.25, 0.3) is 0 Å². The molecule has 0 saturated carbocycles. The van der Waals surface area contributed by atoms with Crippen molar-refractivity contribution in [3.8, 4) is 28.4 Å². The van der Waals surface area contributed by atoms with Gasteiger partial charge in [0.2, 0.25) is 0 Å². The fourth-order valence-corrected chi connectivity index (χ4v) is 2.54. The zero-order valence-electron chi connectivity index (χ0n) is 12.5. The van der Waals surface area contributed by atoms with Crippen LogP contribution in [0.1, 0.15) is 0 Å². The van der Waals surface area contributed by atoms with Gasteiger partial charge in [-0.1, -0.05) is 0 Å². The number of ether oxygens (including phenoxy) is 1. The number of aromatic nitrogens is 5. The van der Waals surface area contributed by atoms with Crippen LogP contribution in [0.4, 0.5) is 13.2 Å². The SMILES string of the molecule is FC(F)(F)Oc1ccc(-c2n[nH]c3ccc(-c4ncn[nH]4)cc23)cc1. The lowest BCUT2D eigenvalue weighted by Crippen LogP contribution is -2.16. The predicted octanol–water partition coefficient (Wildman–Crippen LogP) is 3.91. The van der Waals surface area contributed by atoms with E-state index in [1.807, 2.05) is 18.2 Å². The summed E-state index contributed by atoms with van der Waals surface area (Å²) in [6.07, 6.45) is -3.30. The zero-order valence-corrected chi connectivity index (χ0v) is 12.5. The molecular formula is C16H10F3N5O. The fraction of sp³-hybridized carbons (Fsp3) is 0.0625. The normalized spacial score (nSPS) is 11.8. The quantitative estimate of drug-likeness (QED) is 0.590. The summed E-state index contributed by atoms with van der Waals surface area (Å²) >= 11 is 0. The van der Waals surface area contributed by atoms with Crippen molar-refractivity contribution in [2.75, 3.05) is 0 Å². The van der Waals surface area contributed by atoms with Crippen LogP contribution < -0.4 is 4.74 Å². The molecule has 0 aliphatic heterocycles. The molecular weight excluding hydrogens is 335 g/mol. The number of fused-ring (bicyclic) bond motifs is 1. The number of nitrogens with one attached hydrogen (secondary N) is 2. The van der Waals surface area contributed by atoms with E-state index in [9.17, 15) is 13.2 Å². The minimum atomic E-state index is -4.72. The summed E-state index contributed by atoms with van der Waals surface area (Å²) in [5, 5.41) is 14.6. The monoisotopic (exact) mass is 345 g/mol. The van der Waals surface area contributed by atoms with Gasteiger partial charge in [-0.15, -0.1) is 13.2 Å². The van der Waals surface area contributed by atoms with Crippen molar-refractivity contribution < 1.29 is 17.9 Å². The summed E-state index contributed by atoms with van der Waals surface area (Å²) in [5.41, 5.74) is 2.91. The van der Waals surface area contributed by atoms with Gasteiger partial charge in [-0.2, -0.15) is 10.2 Å². The van der Waals surface area contributed by atoms with Gasteiger partial charge in [-0.25, -0.2) is 4.98 Å². The Bertz CT molecular complexity index is 1010. The standard InChI is InChI=1S/C16H10F3N5O/c17-16(18,19)25-11-4-1-9(2-5-11)14-12-7-10(15-20-8-21-24-15)3-6-13(12)22-23-14/h1-8H,(H,22,23)(H,20,21,24). The lowest BCUT2D eigenvalue weighted by Gasteiger charge is -2.08. The highest BCUT2D eigenvalue weighted by Crippen LogP contribution is 2.31. The summed E-state index contributed by atoms with van der Waals surface area (Å²) < 4.78 is 40.6. The van der Waals surface area contributed by atoms with Crippen LogP contribution in [-0.2, 0) is 0 Å². The molecule has 0 atom stereocenters. The van der Waals surface area contributed by atoms with E-state index in [0.29, 0.717) is 17.1 Å². The lowest BCUT2D eigenvalue weighted by atomic mass is 10.1. The molecule has 0 aliphatic carbocycles. The third-order valence-corrected chi connectivity index (χ3v) is 3.61. The first-order chi connectivity index (χ1) is 12.0. The summed E-state index contributed by atoms with van der Waals surface area (Å²) in [7, 11) is 0. The number of alkyl halides is 3. The van der Waals surface area contributed by atoms with Gasteiger partial charge in [0, 0.05) is 16.5 Å². The molecule has 25 heavy (non-hydrogen) atoms. The van der Waals surface area contributed by atoms with Crippen molar-refractivity contribution in [2.24, 2.45) is 0 Å². The van der Waals surface area contributed by atoms with Gasteiger partial charge in [0.05, 0.1) is 11.2 Å². The molecule has 2 aromatic carbocycles. The second-order valence-corrected chi connectivity index (χ2v) is 5.24. The van der Waals surface area contributed by atoms with Gasteiger partial charge < -0.3 is 4.74 Å². The van der Waals surface area contributed by atoms with E-state index < -0.39 is 6.36 Å². The molecule has 2 aromatic heterocycles. The molecule has 0 saturated heterocycles. The van der Waals surface area contributed by atoms with Crippen LogP contribution in [0.2, 0.25) is 0 Å². The molecule has 0 fully saturated rings. The highest BCUT2D eigenvalue weighted by Gasteiger charge is 2.31. The first-order valence-corrected chi connectivity index (χ1v) is 7.20. The summed E-state index contributed by atoms with van der Waals surface area (Å²) in [5.74, 6) is 0.335. The van der Waals surface area contributed by atoms with Crippen molar-refractivity contribution in [1.82, 2.24) is 25.4 Å². The van der Waals surface area contributed by atoms with Crippen LogP contribution in [0.15, 0.2) is 48.8 Å². The van der Waals surface area contributed by atoms with Gasteiger partial charge >= 0.3 is 6.36 Å². The first kappa shape index (κ1) is 15.2. The number of halogens is 3. The van der Waals surface area contributed by atoms with E-state index in [1.165, 1.54) is 30.6 Å². The van der Waals surface area contributed by atoms with Crippen molar-refractivity contribution >= 4 is 10.9 Å². The fourth-order valence-electron chi connectivity index (χ4n) is 2.54. The van der Waals surface area contributed by atoms with E-state index in [4.69, 9.17) is 0 Å². The Morgan fingerprint density at radius 3 is 2.36 bits per heavy atom. The third kappa shape index (κ3) is 3.03. The first-order valence-electron chi connectivity index (χ1n) is 7.20. The number of benzene rings is 2. The van der Waals surface area contributed by atoms with E-state index >= 15 is 0 Å². The number of nitrogens with zero attached hydrogens (tertiary/aromatic N) is 3. The van der Waals surface area contributed by atoms with Gasteiger partial charge in [-0.3, -0.25) is 10.2 Å². The number of aromatic amines is 2. The number of hydrogen-bond donors (Lipinski definition) is 2. The Morgan fingerprint density at radius 2 is 1.68 bits per heavy atom. The third-order valence-electron chi connectivity index (χ3n) is 3.61. The second-order valence-electron chi connectivity index (χ2n) is 5.24. The number of rotatable bonds is 3. The molecule has 4 aromatic rings. The minimum Gasteiger partial charge on any atom is -0.406 e. The topological polar surface area (TPSA) is 79.5 Å². The van der Waals surface area contributed by atoms with Crippen molar-refractivity contribution in [2.45, 2.75) is 6.36 Å². The highest BCUT2D eigenvalue weighted by atomic mass is 19.4. The maximum Gasteiger partial charge on any atom is 0.573 e. The van der Waals surface area contributed by atoms with E-state index in [-0.39, 0.29) is 5.75 Å². The maximum absolute atomic E-state index is 12.2. The molecule has 0 aliphatic rings. The summed E-state index contributed by atoms with van der Waals surface area (Å²) in [6, 6.07) is 11.2. The van der Waals surface area contributed by atoms with Crippen LogP contribution >= 0.6 is 0 Å². The average Bonchev–Trinajstić information content (AvgIpc) is 3.23. The van der Waals surface area contributed by atoms with E-state index in [1.54, 1.807) is 0 Å².